The summed E-state index contributed by atoms with van der Waals surface area (Å²) in [6.07, 6.45) is 3.71. The van der Waals surface area contributed by atoms with Gasteiger partial charge in [0, 0.05) is 27.9 Å². The first-order valence-electron chi connectivity index (χ1n) is 12.6. The second kappa shape index (κ2) is 11.5. The van der Waals surface area contributed by atoms with Gasteiger partial charge >= 0.3 is 6.03 Å². The quantitative estimate of drug-likeness (QED) is 0.240. The van der Waals surface area contributed by atoms with Crippen LogP contribution >= 0.6 is 27.5 Å². The SMILES string of the molecule is CCCCN(CC(=O)N1c2ccccc2-n2cccc2[C@@H]1c1ccc(Cl)cc1)C(=O)Nc1cccc(Br)c1. The largest absolute Gasteiger partial charge is 0.322 e. The fourth-order valence-corrected chi connectivity index (χ4v) is 5.36. The molecule has 1 atom stereocenters. The number of urea groups is 1. The van der Waals surface area contributed by atoms with Gasteiger partial charge in [0.05, 0.1) is 17.1 Å². The summed E-state index contributed by atoms with van der Waals surface area (Å²) in [5.41, 5.74) is 4.29. The van der Waals surface area contributed by atoms with E-state index < -0.39 is 0 Å². The van der Waals surface area contributed by atoms with E-state index in [9.17, 15) is 9.59 Å². The van der Waals surface area contributed by atoms with Crippen molar-refractivity contribution in [3.63, 3.8) is 0 Å². The lowest BCUT2D eigenvalue weighted by atomic mass is 9.97. The van der Waals surface area contributed by atoms with Gasteiger partial charge in [0.25, 0.3) is 0 Å². The maximum absolute atomic E-state index is 14.2. The zero-order valence-electron chi connectivity index (χ0n) is 21.0. The number of fused-ring (bicyclic) bond motifs is 3. The Morgan fingerprint density at radius 1 is 0.974 bits per heavy atom. The number of hydrogen-bond acceptors (Lipinski definition) is 2. The van der Waals surface area contributed by atoms with E-state index >= 15 is 0 Å². The predicted molar refractivity (Wildman–Crippen MR) is 156 cm³/mol. The number of nitrogens with zero attached hydrogens (tertiary/aromatic N) is 3. The van der Waals surface area contributed by atoms with Crippen LogP contribution in [0.3, 0.4) is 0 Å². The monoisotopic (exact) mass is 590 g/mol. The van der Waals surface area contributed by atoms with Crippen molar-refractivity contribution in [2.75, 3.05) is 23.3 Å². The van der Waals surface area contributed by atoms with Crippen LogP contribution in [0.2, 0.25) is 5.02 Å². The lowest BCUT2D eigenvalue weighted by Gasteiger charge is -2.39. The Hall–Kier alpha value is -3.55. The first-order chi connectivity index (χ1) is 18.5. The number of carbonyl (C=O) groups is 2. The van der Waals surface area contributed by atoms with Gasteiger partial charge in [0.1, 0.15) is 12.6 Å². The molecule has 0 saturated heterocycles. The van der Waals surface area contributed by atoms with Crippen LogP contribution < -0.4 is 10.2 Å². The molecular formula is C30H28BrClN4O2. The summed E-state index contributed by atoms with van der Waals surface area (Å²) in [4.78, 5) is 31.0. The van der Waals surface area contributed by atoms with E-state index in [0.717, 1.165) is 39.9 Å². The third-order valence-electron chi connectivity index (χ3n) is 6.64. The number of benzene rings is 3. The molecule has 1 aliphatic rings. The maximum atomic E-state index is 14.2. The fourth-order valence-electron chi connectivity index (χ4n) is 4.83. The van der Waals surface area contributed by atoms with E-state index in [2.05, 4.69) is 32.7 Å². The molecule has 1 aromatic heterocycles. The van der Waals surface area contributed by atoms with Crippen molar-refractivity contribution in [2.24, 2.45) is 0 Å². The van der Waals surface area contributed by atoms with Crippen LogP contribution in [0.4, 0.5) is 16.2 Å². The number of anilines is 2. The number of unbranched alkanes of at least 4 members (excludes halogenated alkanes) is 1. The van der Waals surface area contributed by atoms with E-state index in [4.69, 9.17) is 11.6 Å². The summed E-state index contributed by atoms with van der Waals surface area (Å²) < 4.78 is 2.98. The fraction of sp³-hybridized carbons (Fsp3) is 0.200. The first kappa shape index (κ1) is 26.1. The van der Waals surface area contributed by atoms with Crippen molar-refractivity contribution in [1.29, 1.82) is 0 Å². The van der Waals surface area contributed by atoms with Crippen LogP contribution in [0.1, 0.15) is 37.1 Å². The molecule has 0 saturated carbocycles. The highest BCUT2D eigenvalue weighted by Crippen LogP contribution is 2.42. The minimum absolute atomic E-state index is 0.0566. The maximum Gasteiger partial charge on any atom is 0.322 e. The molecule has 6 nitrogen and oxygen atoms in total. The van der Waals surface area contributed by atoms with Gasteiger partial charge in [-0.15, -0.1) is 0 Å². The number of para-hydroxylation sites is 2. The van der Waals surface area contributed by atoms with Crippen LogP contribution in [-0.2, 0) is 4.79 Å². The van der Waals surface area contributed by atoms with Crippen molar-refractivity contribution in [1.82, 2.24) is 9.47 Å². The van der Waals surface area contributed by atoms with E-state index in [1.165, 1.54) is 0 Å². The zero-order chi connectivity index (χ0) is 26.6. The lowest BCUT2D eigenvalue weighted by Crippen LogP contribution is -2.48. The molecule has 1 aliphatic heterocycles. The highest BCUT2D eigenvalue weighted by molar-refractivity contribution is 9.10. The summed E-state index contributed by atoms with van der Waals surface area (Å²) in [5.74, 6) is -0.162. The smallest absolute Gasteiger partial charge is 0.316 e. The molecule has 3 amide bonds. The molecular weight excluding hydrogens is 564 g/mol. The molecule has 5 rings (SSSR count). The summed E-state index contributed by atoms with van der Waals surface area (Å²) >= 11 is 9.64. The molecule has 3 aromatic carbocycles. The topological polar surface area (TPSA) is 57.6 Å². The standard InChI is InChI=1S/C30H28BrClN4O2/c1-2-3-17-34(30(38)33-24-9-6-8-22(31)19-24)20-28(37)36-26-11-5-4-10-25(26)35-18-7-12-27(35)29(36)21-13-15-23(32)16-14-21/h4-16,18-19,29H,2-3,17,20H2,1H3,(H,33,38)/t29-/m0/s1. The van der Waals surface area contributed by atoms with Gasteiger partial charge in [-0.25, -0.2) is 4.79 Å². The van der Waals surface area contributed by atoms with E-state index in [-0.39, 0.29) is 24.5 Å². The molecule has 194 valence electrons. The predicted octanol–water partition coefficient (Wildman–Crippen LogP) is 7.66. The van der Waals surface area contributed by atoms with Gasteiger partial charge in [0.2, 0.25) is 5.91 Å². The Balaban J connectivity index is 1.50. The third-order valence-corrected chi connectivity index (χ3v) is 7.39. The number of aromatic nitrogens is 1. The molecule has 8 heteroatoms. The number of rotatable bonds is 7. The van der Waals surface area contributed by atoms with Gasteiger partial charge in [-0.05, 0) is 66.6 Å². The number of nitrogens with one attached hydrogen (secondary N) is 1. The van der Waals surface area contributed by atoms with E-state index in [0.29, 0.717) is 17.3 Å². The molecule has 0 aliphatic carbocycles. The van der Waals surface area contributed by atoms with Crippen LogP contribution in [0.15, 0.2) is 95.6 Å². The Kier molecular flexibility index (Phi) is 7.86. The summed E-state index contributed by atoms with van der Waals surface area (Å²) in [6, 6.07) is 26.2. The van der Waals surface area contributed by atoms with Crippen molar-refractivity contribution in [2.45, 2.75) is 25.8 Å². The Bertz CT molecular complexity index is 1450. The second-order valence-electron chi connectivity index (χ2n) is 9.23. The second-order valence-corrected chi connectivity index (χ2v) is 10.6. The highest BCUT2D eigenvalue weighted by atomic mass is 79.9. The Labute approximate surface area is 235 Å². The van der Waals surface area contributed by atoms with E-state index in [1.807, 2.05) is 96.0 Å². The van der Waals surface area contributed by atoms with Gasteiger partial charge in [0.15, 0.2) is 0 Å². The minimum atomic E-state index is -0.370. The van der Waals surface area contributed by atoms with Crippen molar-refractivity contribution < 1.29 is 9.59 Å². The summed E-state index contributed by atoms with van der Waals surface area (Å²) in [7, 11) is 0. The van der Waals surface area contributed by atoms with Crippen LogP contribution in [0.5, 0.6) is 0 Å². The van der Waals surface area contributed by atoms with Gasteiger partial charge < -0.3 is 14.8 Å². The Morgan fingerprint density at radius 2 is 1.74 bits per heavy atom. The molecule has 0 spiro atoms. The average molecular weight is 592 g/mol. The number of hydrogen-bond donors (Lipinski definition) is 1. The van der Waals surface area contributed by atoms with Gasteiger partial charge in [-0.3, -0.25) is 9.69 Å². The minimum Gasteiger partial charge on any atom is -0.316 e. The lowest BCUT2D eigenvalue weighted by molar-refractivity contribution is -0.119. The molecule has 2 heterocycles. The average Bonchev–Trinajstić information content (AvgIpc) is 3.41. The molecule has 4 aromatic rings. The number of halogens is 2. The van der Waals surface area contributed by atoms with Gasteiger partial charge in [-0.2, -0.15) is 0 Å². The van der Waals surface area contributed by atoms with Crippen LogP contribution in [-0.4, -0.2) is 34.5 Å². The first-order valence-corrected chi connectivity index (χ1v) is 13.8. The molecule has 38 heavy (non-hydrogen) atoms. The van der Waals surface area contributed by atoms with Crippen LogP contribution in [0.25, 0.3) is 5.69 Å². The highest BCUT2D eigenvalue weighted by Gasteiger charge is 2.37. The third kappa shape index (κ3) is 5.35. The molecule has 0 radical (unpaired) electrons. The van der Waals surface area contributed by atoms with Gasteiger partial charge in [-0.1, -0.05) is 71.2 Å². The van der Waals surface area contributed by atoms with Crippen molar-refractivity contribution in [3.05, 3.63) is 112 Å². The summed E-state index contributed by atoms with van der Waals surface area (Å²) in [5, 5.41) is 3.58. The van der Waals surface area contributed by atoms with Crippen LogP contribution in [0, 0.1) is 0 Å². The Morgan fingerprint density at radius 3 is 2.47 bits per heavy atom. The number of amides is 3. The van der Waals surface area contributed by atoms with Crippen molar-refractivity contribution >= 4 is 50.8 Å². The molecule has 0 bridgehead atoms. The summed E-state index contributed by atoms with van der Waals surface area (Å²) in [6.45, 7) is 2.48. The molecule has 0 fully saturated rings. The number of carbonyl (C=O) groups excluding carboxylic acids is 2. The normalized spacial score (nSPS) is 14.0. The molecule has 0 unspecified atom stereocenters. The zero-order valence-corrected chi connectivity index (χ0v) is 23.3. The van der Waals surface area contributed by atoms with E-state index in [1.54, 1.807) is 4.90 Å². The molecule has 1 N–H and O–H groups in total. The van der Waals surface area contributed by atoms with Crippen molar-refractivity contribution in [3.8, 4) is 5.69 Å².